The summed E-state index contributed by atoms with van der Waals surface area (Å²) in [7, 11) is 1.75. The van der Waals surface area contributed by atoms with Crippen LogP contribution in [-0.2, 0) is 11.3 Å². The summed E-state index contributed by atoms with van der Waals surface area (Å²) in [4.78, 5) is 2.57. The SMILES string of the molecule is COC(CN)CCN(Cc1ccsc1)C1CC1. The minimum atomic E-state index is 0.207. The second kappa shape index (κ2) is 6.50. The third kappa shape index (κ3) is 4.07. The monoisotopic (exact) mass is 254 g/mol. The molecule has 1 saturated carbocycles. The van der Waals surface area contributed by atoms with E-state index in [9.17, 15) is 0 Å². The zero-order valence-electron chi connectivity index (χ0n) is 10.5. The van der Waals surface area contributed by atoms with Crippen LogP contribution in [0.25, 0.3) is 0 Å². The summed E-state index contributed by atoms with van der Waals surface area (Å²) in [6, 6.07) is 3.02. The van der Waals surface area contributed by atoms with Gasteiger partial charge < -0.3 is 10.5 Å². The average Bonchev–Trinajstić information content (AvgIpc) is 3.07. The molecule has 1 aromatic heterocycles. The molecule has 1 aliphatic rings. The van der Waals surface area contributed by atoms with Gasteiger partial charge in [-0.05, 0) is 41.7 Å². The van der Waals surface area contributed by atoms with E-state index in [4.69, 9.17) is 10.5 Å². The molecule has 0 saturated heterocycles. The van der Waals surface area contributed by atoms with Crippen LogP contribution in [0.3, 0.4) is 0 Å². The molecule has 1 aromatic rings. The van der Waals surface area contributed by atoms with Crippen LogP contribution in [0.15, 0.2) is 16.8 Å². The predicted octanol–water partition coefficient (Wildman–Crippen LogP) is 2.08. The van der Waals surface area contributed by atoms with Crippen LogP contribution in [0.1, 0.15) is 24.8 Å². The van der Waals surface area contributed by atoms with Crippen LogP contribution in [-0.4, -0.2) is 37.2 Å². The number of nitrogens with zero attached hydrogens (tertiary/aromatic N) is 1. The molecular formula is C13H22N2OS. The van der Waals surface area contributed by atoms with Gasteiger partial charge in [0, 0.05) is 32.8 Å². The Hall–Kier alpha value is -0.420. The van der Waals surface area contributed by atoms with Crippen molar-refractivity contribution < 1.29 is 4.74 Å². The highest BCUT2D eigenvalue weighted by Gasteiger charge is 2.29. The van der Waals surface area contributed by atoms with Gasteiger partial charge >= 0.3 is 0 Å². The fraction of sp³-hybridized carbons (Fsp3) is 0.692. The van der Waals surface area contributed by atoms with E-state index in [-0.39, 0.29) is 6.10 Å². The van der Waals surface area contributed by atoms with Crippen molar-refractivity contribution in [2.24, 2.45) is 5.73 Å². The predicted molar refractivity (Wildman–Crippen MR) is 72.2 cm³/mol. The molecule has 0 bridgehead atoms. The van der Waals surface area contributed by atoms with Crippen molar-refractivity contribution in [2.45, 2.75) is 38.0 Å². The van der Waals surface area contributed by atoms with Crippen molar-refractivity contribution in [3.05, 3.63) is 22.4 Å². The second-order valence-corrected chi connectivity index (χ2v) is 5.50. The molecule has 0 aromatic carbocycles. The number of rotatable bonds is 8. The Morgan fingerprint density at radius 1 is 1.59 bits per heavy atom. The standard InChI is InChI=1S/C13H22N2OS/c1-16-13(8-14)4-6-15(12-2-3-12)9-11-5-7-17-10-11/h5,7,10,12-13H,2-4,6,8-9,14H2,1H3. The molecular weight excluding hydrogens is 232 g/mol. The summed E-state index contributed by atoms with van der Waals surface area (Å²) in [6.45, 7) is 2.79. The summed E-state index contributed by atoms with van der Waals surface area (Å²) in [6.07, 6.45) is 3.95. The van der Waals surface area contributed by atoms with Crippen LogP contribution in [0.4, 0.5) is 0 Å². The van der Waals surface area contributed by atoms with E-state index in [1.54, 1.807) is 18.4 Å². The van der Waals surface area contributed by atoms with Crippen LogP contribution in [0.5, 0.6) is 0 Å². The third-order valence-corrected chi connectivity index (χ3v) is 4.10. The molecule has 1 unspecified atom stereocenters. The number of methoxy groups -OCH3 is 1. The van der Waals surface area contributed by atoms with Crippen LogP contribution in [0, 0.1) is 0 Å². The van der Waals surface area contributed by atoms with E-state index in [1.807, 2.05) is 0 Å². The van der Waals surface area contributed by atoms with Crippen molar-refractivity contribution in [1.29, 1.82) is 0 Å². The van der Waals surface area contributed by atoms with Gasteiger partial charge in [0.15, 0.2) is 0 Å². The van der Waals surface area contributed by atoms with Crippen molar-refractivity contribution in [1.82, 2.24) is 4.90 Å². The van der Waals surface area contributed by atoms with Gasteiger partial charge in [-0.3, -0.25) is 4.90 Å². The Balaban J connectivity index is 1.81. The Labute approximate surface area is 108 Å². The van der Waals surface area contributed by atoms with Gasteiger partial charge in [-0.25, -0.2) is 0 Å². The minimum absolute atomic E-state index is 0.207. The zero-order valence-corrected chi connectivity index (χ0v) is 11.3. The van der Waals surface area contributed by atoms with Gasteiger partial charge in [-0.15, -0.1) is 0 Å². The third-order valence-electron chi connectivity index (χ3n) is 3.36. The maximum atomic E-state index is 5.66. The fourth-order valence-corrected chi connectivity index (χ4v) is 2.75. The second-order valence-electron chi connectivity index (χ2n) is 4.72. The molecule has 17 heavy (non-hydrogen) atoms. The molecule has 2 rings (SSSR count). The maximum Gasteiger partial charge on any atom is 0.0705 e. The van der Waals surface area contributed by atoms with E-state index in [0.717, 1.165) is 25.6 Å². The van der Waals surface area contributed by atoms with E-state index in [0.29, 0.717) is 6.54 Å². The Bertz CT molecular complexity index is 307. The molecule has 3 nitrogen and oxygen atoms in total. The molecule has 1 atom stereocenters. The summed E-state index contributed by atoms with van der Waals surface area (Å²) >= 11 is 1.78. The molecule has 1 aliphatic carbocycles. The van der Waals surface area contributed by atoms with E-state index >= 15 is 0 Å². The highest BCUT2D eigenvalue weighted by Crippen LogP contribution is 2.29. The van der Waals surface area contributed by atoms with Gasteiger partial charge in [0.05, 0.1) is 6.10 Å². The van der Waals surface area contributed by atoms with Gasteiger partial charge in [-0.1, -0.05) is 0 Å². The van der Waals surface area contributed by atoms with Crippen LogP contribution >= 0.6 is 11.3 Å². The summed E-state index contributed by atoms with van der Waals surface area (Å²) in [5.74, 6) is 0. The van der Waals surface area contributed by atoms with Gasteiger partial charge in [0.2, 0.25) is 0 Å². The lowest BCUT2D eigenvalue weighted by molar-refractivity contribution is 0.0870. The lowest BCUT2D eigenvalue weighted by Crippen LogP contribution is -2.32. The van der Waals surface area contributed by atoms with E-state index in [2.05, 4.69) is 21.7 Å². The molecule has 1 heterocycles. The van der Waals surface area contributed by atoms with Crippen LogP contribution < -0.4 is 5.73 Å². The minimum Gasteiger partial charge on any atom is -0.380 e. The highest BCUT2D eigenvalue weighted by molar-refractivity contribution is 7.07. The van der Waals surface area contributed by atoms with Crippen molar-refractivity contribution >= 4 is 11.3 Å². The molecule has 0 amide bonds. The fourth-order valence-electron chi connectivity index (χ4n) is 2.09. The summed E-state index contributed by atoms with van der Waals surface area (Å²) in [5.41, 5.74) is 7.09. The molecule has 0 radical (unpaired) electrons. The molecule has 1 fully saturated rings. The summed E-state index contributed by atoms with van der Waals surface area (Å²) < 4.78 is 5.34. The number of thiophene rings is 1. The molecule has 0 aliphatic heterocycles. The van der Waals surface area contributed by atoms with Crippen molar-refractivity contribution in [2.75, 3.05) is 20.2 Å². The summed E-state index contributed by atoms with van der Waals surface area (Å²) in [5, 5.41) is 4.39. The normalized spacial score (nSPS) is 17.6. The van der Waals surface area contributed by atoms with Crippen molar-refractivity contribution in [3.63, 3.8) is 0 Å². The maximum absolute atomic E-state index is 5.66. The molecule has 96 valence electrons. The number of ether oxygens (including phenoxy) is 1. The number of hydrogen-bond donors (Lipinski definition) is 1. The molecule has 2 N–H and O–H groups in total. The lowest BCUT2D eigenvalue weighted by atomic mass is 10.2. The average molecular weight is 254 g/mol. The molecule has 4 heteroatoms. The largest absolute Gasteiger partial charge is 0.380 e. The smallest absolute Gasteiger partial charge is 0.0705 e. The first kappa shape index (κ1) is 13.0. The van der Waals surface area contributed by atoms with Crippen molar-refractivity contribution in [3.8, 4) is 0 Å². The molecule has 0 spiro atoms. The quantitative estimate of drug-likeness (QED) is 0.772. The van der Waals surface area contributed by atoms with Crippen LogP contribution in [0.2, 0.25) is 0 Å². The topological polar surface area (TPSA) is 38.5 Å². The lowest BCUT2D eigenvalue weighted by Gasteiger charge is -2.23. The Morgan fingerprint density at radius 2 is 2.41 bits per heavy atom. The Morgan fingerprint density at radius 3 is 2.94 bits per heavy atom. The number of hydrogen-bond acceptors (Lipinski definition) is 4. The van der Waals surface area contributed by atoms with E-state index in [1.165, 1.54) is 18.4 Å². The van der Waals surface area contributed by atoms with Gasteiger partial charge in [0.1, 0.15) is 0 Å². The number of nitrogens with two attached hydrogens (primary N) is 1. The first-order chi connectivity index (χ1) is 8.33. The van der Waals surface area contributed by atoms with E-state index < -0.39 is 0 Å². The first-order valence-corrected chi connectivity index (χ1v) is 7.25. The van der Waals surface area contributed by atoms with Gasteiger partial charge in [-0.2, -0.15) is 11.3 Å². The first-order valence-electron chi connectivity index (χ1n) is 6.31. The van der Waals surface area contributed by atoms with Gasteiger partial charge in [0.25, 0.3) is 0 Å². The zero-order chi connectivity index (χ0) is 12.1. The highest BCUT2D eigenvalue weighted by atomic mass is 32.1. The Kier molecular flexibility index (Phi) is 4.98.